The van der Waals surface area contributed by atoms with Crippen molar-refractivity contribution in [2.45, 2.75) is 6.42 Å². The van der Waals surface area contributed by atoms with Crippen molar-refractivity contribution in [1.82, 2.24) is 0 Å². The van der Waals surface area contributed by atoms with E-state index in [4.69, 9.17) is 26.3 Å². The lowest BCUT2D eigenvalue weighted by Gasteiger charge is -2.10. The molecule has 0 aliphatic rings. The average Bonchev–Trinajstić information content (AvgIpc) is 2.44. The first kappa shape index (κ1) is 16.0. The van der Waals surface area contributed by atoms with Crippen molar-refractivity contribution in [3.05, 3.63) is 53.1 Å². The molecule has 0 heterocycles. The quantitative estimate of drug-likeness (QED) is 0.364. The zero-order valence-electron chi connectivity index (χ0n) is 11.3. The molecular weight excluding hydrogens is 316 g/mol. The predicted molar refractivity (Wildman–Crippen MR) is 78.3 cm³/mol. The lowest BCUT2D eigenvalue weighted by atomic mass is 10.3. The summed E-state index contributed by atoms with van der Waals surface area (Å²) in [5.74, 6) is -0.690. The molecule has 0 radical (unpaired) electrons. The summed E-state index contributed by atoms with van der Waals surface area (Å²) in [6, 6.07) is 7.49. The van der Waals surface area contributed by atoms with Crippen LogP contribution < -0.4 is 9.47 Å². The van der Waals surface area contributed by atoms with Gasteiger partial charge >= 0.3 is 0 Å². The second-order valence-electron chi connectivity index (χ2n) is 4.23. The minimum absolute atomic E-state index is 0.0291. The van der Waals surface area contributed by atoms with Crippen molar-refractivity contribution >= 4 is 17.8 Å². The third-order valence-electron chi connectivity index (χ3n) is 2.56. The monoisotopic (exact) mass is 327 g/mol. The molecule has 0 aliphatic carbocycles. The summed E-state index contributed by atoms with van der Waals surface area (Å²) in [4.78, 5) is 0. The Morgan fingerprint density at radius 3 is 2.45 bits per heavy atom. The number of nitrogens with zero attached hydrogens (tertiary/aromatic N) is 1. The number of ether oxygens (including phenoxy) is 2. The number of oxime groups is 1. The van der Waals surface area contributed by atoms with E-state index in [0.29, 0.717) is 24.5 Å². The van der Waals surface area contributed by atoms with E-state index < -0.39 is 11.6 Å². The van der Waals surface area contributed by atoms with E-state index in [1.807, 2.05) is 0 Å². The van der Waals surface area contributed by atoms with Crippen molar-refractivity contribution in [1.29, 1.82) is 0 Å². The van der Waals surface area contributed by atoms with Gasteiger partial charge in [-0.15, -0.1) is 5.16 Å². The van der Waals surface area contributed by atoms with Gasteiger partial charge in [-0.1, -0.05) is 11.6 Å². The second-order valence-corrected chi connectivity index (χ2v) is 4.64. The standard InChI is InChI=1S/C15H12ClF2NO3/c16-14-9-12(2-3-15(14)21-5-1-4-19-20)22-13-7-10(17)6-11(18)8-13/h2-4,6-9,20H,1,5H2/b19-4-. The van der Waals surface area contributed by atoms with Crippen molar-refractivity contribution in [2.75, 3.05) is 6.61 Å². The van der Waals surface area contributed by atoms with Crippen molar-refractivity contribution in [2.24, 2.45) is 5.16 Å². The van der Waals surface area contributed by atoms with Gasteiger partial charge in [-0.05, 0) is 12.1 Å². The molecule has 0 atom stereocenters. The smallest absolute Gasteiger partial charge is 0.138 e. The number of hydrogen-bond donors (Lipinski definition) is 1. The molecular formula is C15H12ClF2NO3. The van der Waals surface area contributed by atoms with Crippen LogP contribution in [-0.2, 0) is 0 Å². The minimum Gasteiger partial charge on any atom is -0.492 e. The van der Waals surface area contributed by atoms with Crippen LogP contribution in [0.2, 0.25) is 5.02 Å². The Morgan fingerprint density at radius 1 is 1.09 bits per heavy atom. The highest BCUT2D eigenvalue weighted by atomic mass is 35.5. The number of halogens is 3. The lowest BCUT2D eigenvalue weighted by Crippen LogP contribution is -1.98. The maximum atomic E-state index is 13.1. The Hall–Kier alpha value is -2.34. The van der Waals surface area contributed by atoms with Crippen LogP contribution in [0.15, 0.2) is 41.6 Å². The molecule has 0 saturated carbocycles. The van der Waals surface area contributed by atoms with Gasteiger partial charge in [-0.25, -0.2) is 8.78 Å². The predicted octanol–water partition coefficient (Wildman–Crippen LogP) is 4.64. The minimum atomic E-state index is -0.730. The highest BCUT2D eigenvalue weighted by Gasteiger charge is 2.07. The molecule has 2 aromatic rings. The molecule has 0 fully saturated rings. The highest BCUT2D eigenvalue weighted by Crippen LogP contribution is 2.31. The van der Waals surface area contributed by atoms with Crippen LogP contribution >= 0.6 is 11.6 Å². The van der Waals surface area contributed by atoms with Gasteiger partial charge in [0.05, 0.1) is 11.6 Å². The summed E-state index contributed by atoms with van der Waals surface area (Å²) in [5, 5.41) is 11.4. The number of rotatable bonds is 6. The van der Waals surface area contributed by atoms with Crippen molar-refractivity contribution < 1.29 is 23.5 Å². The molecule has 0 aromatic heterocycles. The molecule has 0 amide bonds. The van der Waals surface area contributed by atoms with Gasteiger partial charge in [0.25, 0.3) is 0 Å². The third-order valence-corrected chi connectivity index (χ3v) is 2.86. The molecule has 1 N–H and O–H groups in total. The first-order chi connectivity index (χ1) is 10.6. The fraction of sp³-hybridized carbons (Fsp3) is 0.133. The molecule has 0 saturated heterocycles. The summed E-state index contributed by atoms with van der Waals surface area (Å²) >= 11 is 6.03. The van der Waals surface area contributed by atoms with Crippen molar-refractivity contribution in [3.63, 3.8) is 0 Å². The van der Waals surface area contributed by atoms with E-state index in [2.05, 4.69) is 5.16 Å². The van der Waals surface area contributed by atoms with Gasteiger partial charge < -0.3 is 14.7 Å². The lowest BCUT2D eigenvalue weighted by molar-refractivity contribution is 0.310. The number of hydrogen-bond acceptors (Lipinski definition) is 4. The first-order valence-electron chi connectivity index (χ1n) is 6.30. The van der Waals surface area contributed by atoms with Gasteiger partial charge in [0.2, 0.25) is 0 Å². The summed E-state index contributed by atoms with van der Waals surface area (Å²) in [5.41, 5.74) is 0. The van der Waals surface area contributed by atoms with Gasteiger partial charge in [-0.2, -0.15) is 0 Å². The van der Waals surface area contributed by atoms with Crippen LogP contribution in [0.5, 0.6) is 17.2 Å². The van der Waals surface area contributed by atoms with E-state index in [-0.39, 0.29) is 10.8 Å². The fourth-order valence-electron chi connectivity index (χ4n) is 1.66. The van der Waals surface area contributed by atoms with Gasteiger partial charge in [0.15, 0.2) is 0 Å². The molecule has 0 spiro atoms. The van der Waals surface area contributed by atoms with E-state index in [1.54, 1.807) is 12.1 Å². The topological polar surface area (TPSA) is 51.1 Å². The van der Waals surface area contributed by atoms with Crippen molar-refractivity contribution in [3.8, 4) is 17.2 Å². The van der Waals surface area contributed by atoms with Gasteiger partial charge in [0, 0.05) is 36.9 Å². The summed E-state index contributed by atoms with van der Waals surface area (Å²) in [6.45, 7) is 0.291. The zero-order chi connectivity index (χ0) is 15.9. The maximum absolute atomic E-state index is 13.1. The normalized spacial score (nSPS) is 10.9. The van der Waals surface area contributed by atoms with Crippen LogP contribution in [0.3, 0.4) is 0 Å². The molecule has 0 aliphatic heterocycles. The molecule has 2 rings (SSSR count). The second kappa shape index (κ2) is 7.61. The van der Waals surface area contributed by atoms with Crippen LogP contribution in [0, 0.1) is 11.6 Å². The first-order valence-corrected chi connectivity index (χ1v) is 6.68. The summed E-state index contributed by atoms with van der Waals surface area (Å²) < 4.78 is 36.9. The average molecular weight is 328 g/mol. The Morgan fingerprint density at radius 2 is 1.82 bits per heavy atom. The molecule has 116 valence electrons. The van der Waals surface area contributed by atoms with Crippen LogP contribution in [-0.4, -0.2) is 18.0 Å². The molecule has 4 nitrogen and oxygen atoms in total. The van der Waals surface area contributed by atoms with Gasteiger partial charge in [-0.3, -0.25) is 0 Å². The summed E-state index contributed by atoms with van der Waals surface area (Å²) in [6.07, 6.45) is 1.72. The fourth-order valence-corrected chi connectivity index (χ4v) is 1.89. The van der Waals surface area contributed by atoms with Crippen LogP contribution in [0.25, 0.3) is 0 Å². The maximum Gasteiger partial charge on any atom is 0.138 e. The third kappa shape index (κ3) is 4.60. The molecule has 22 heavy (non-hydrogen) atoms. The van der Waals surface area contributed by atoms with Gasteiger partial charge in [0.1, 0.15) is 28.9 Å². The Balaban J connectivity index is 2.05. The highest BCUT2D eigenvalue weighted by molar-refractivity contribution is 6.32. The largest absolute Gasteiger partial charge is 0.492 e. The van der Waals surface area contributed by atoms with E-state index in [0.717, 1.165) is 18.2 Å². The summed E-state index contributed by atoms with van der Waals surface area (Å²) in [7, 11) is 0. The van der Waals surface area contributed by atoms with Crippen LogP contribution in [0.4, 0.5) is 8.78 Å². The Bertz CT molecular complexity index is 660. The Labute approximate surface area is 130 Å². The number of benzene rings is 2. The SMILES string of the molecule is O/N=C\CCOc1ccc(Oc2cc(F)cc(F)c2)cc1Cl. The molecule has 7 heteroatoms. The van der Waals surface area contributed by atoms with Crippen LogP contribution in [0.1, 0.15) is 6.42 Å². The zero-order valence-corrected chi connectivity index (χ0v) is 12.1. The van der Waals surface area contributed by atoms with E-state index in [9.17, 15) is 8.78 Å². The Kier molecular flexibility index (Phi) is 5.55. The van der Waals surface area contributed by atoms with E-state index in [1.165, 1.54) is 12.3 Å². The molecule has 0 unspecified atom stereocenters. The van der Waals surface area contributed by atoms with E-state index >= 15 is 0 Å². The molecule has 2 aromatic carbocycles. The molecule has 0 bridgehead atoms.